The van der Waals surface area contributed by atoms with Crippen molar-refractivity contribution in [2.45, 2.75) is 13.8 Å². The Morgan fingerprint density at radius 3 is 1.17 bits per heavy atom. The average molecular weight is 84.2 g/mol. The van der Waals surface area contributed by atoms with Crippen molar-refractivity contribution < 1.29 is 0 Å². The summed E-state index contributed by atoms with van der Waals surface area (Å²) < 4.78 is 0. The largest absolute Gasteiger partial charge is 0.106 e. The molecule has 0 aliphatic carbocycles. The molecule has 0 aliphatic heterocycles. The smallest absolute Gasteiger partial charge is 0.0470 e. The maximum absolute atomic E-state index is 3.00. The molecule has 6 heavy (non-hydrogen) atoms. The first-order valence-electron chi connectivity index (χ1n) is 1.99. The summed E-state index contributed by atoms with van der Waals surface area (Å²) in [5, 5.41) is 0. The molecular weight excluding hydrogens is 72.1 g/mol. The van der Waals surface area contributed by atoms with E-state index in [0.29, 0.717) is 0 Å². The molecule has 0 atom stereocenters. The summed E-state index contributed by atoms with van der Waals surface area (Å²) in [6.07, 6.45) is 4.00. The van der Waals surface area contributed by atoms with E-state index >= 15 is 0 Å². The molecule has 0 rings (SSSR count). The van der Waals surface area contributed by atoms with Gasteiger partial charge in [-0.2, -0.15) is 0 Å². The molecule has 0 aromatic rings. The Balaban J connectivity index is 0. The third-order valence-electron chi connectivity index (χ3n) is 0.333. The van der Waals surface area contributed by atoms with Crippen LogP contribution in [-0.2, 0) is 0 Å². The van der Waals surface area contributed by atoms with Crippen LogP contribution in [0.5, 0.6) is 0 Å². The summed E-state index contributed by atoms with van der Waals surface area (Å²) in [7, 11) is 0. The minimum Gasteiger partial charge on any atom is -0.106 e. The molecular formula is C6H12. The third-order valence-corrected chi connectivity index (χ3v) is 0.333. The van der Waals surface area contributed by atoms with Crippen LogP contribution in [0.2, 0.25) is 0 Å². The van der Waals surface area contributed by atoms with E-state index in [9.17, 15) is 0 Å². The van der Waals surface area contributed by atoms with Gasteiger partial charge in [-0.25, -0.2) is 0 Å². The molecule has 0 aliphatic rings. The summed E-state index contributed by atoms with van der Waals surface area (Å²) in [5.41, 5.74) is 0. The molecule has 0 bridgehead atoms. The highest BCUT2D eigenvalue weighted by molar-refractivity contribution is 4.68. The van der Waals surface area contributed by atoms with Crippen molar-refractivity contribution in [3.63, 3.8) is 0 Å². The van der Waals surface area contributed by atoms with Crippen molar-refractivity contribution in [1.29, 1.82) is 0 Å². The molecule has 0 nitrogen and oxygen atoms in total. The van der Waals surface area contributed by atoms with Crippen molar-refractivity contribution in [3.05, 3.63) is 25.3 Å². The average Bonchev–Trinajstić information content (AvgIpc) is 1.72. The Labute approximate surface area is 40.2 Å². The van der Waals surface area contributed by atoms with Gasteiger partial charge in [0.25, 0.3) is 0 Å². The maximum Gasteiger partial charge on any atom is -0.0470 e. The minimum absolute atomic E-state index is 2.00. The van der Waals surface area contributed by atoms with Crippen LogP contribution in [0.1, 0.15) is 13.8 Å². The van der Waals surface area contributed by atoms with Gasteiger partial charge in [-0.3, -0.25) is 0 Å². The van der Waals surface area contributed by atoms with E-state index in [4.69, 9.17) is 0 Å². The number of hydrogen-bond donors (Lipinski definition) is 0. The molecule has 0 N–H and O–H groups in total. The van der Waals surface area contributed by atoms with E-state index in [1.807, 2.05) is 26.0 Å². The molecule has 0 radical (unpaired) electrons. The Hall–Kier alpha value is -0.520. The standard InChI is InChI=1S/C4H8.C2H4/c1-3-4-2;1-2/h3-4H,1-2H3;1-2H2. The molecule has 0 amide bonds. The van der Waals surface area contributed by atoms with E-state index in [0.717, 1.165) is 0 Å². The summed E-state index contributed by atoms with van der Waals surface area (Å²) in [6, 6.07) is 0. The van der Waals surface area contributed by atoms with Gasteiger partial charge in [-0.1, -0.05) is 12.2 Å². The van der Waals surface area contributed by atoms with Crippen LogP contribution >= 0.6 is 0 Å². The first kappa shape index (κ1) is 9.08. The van der Waals surface area contributed by atoms with Gasteiger partial charge >= 0.3 is 0 Å². The lowest BCUT2D eigenvalue weighted by atomic mass is 10.6. The summed E-state index contributed by atoms with van der Waals surface area (Å²) in [5.74, 6) is 0. The predicted molar refractivity (Wildman–Crippen MR) is 31.7 cm³/mol. The predicted octanol–water partition coefficient (Wildman–Crippen LogP) is 2.38. The molecule has 0 unspecified atom stereocenters. The Morgan fingerprint density at radius 2 is 1.17 bits per heavy atom. The van der Waals surface area contributed by atoms with Gasteiger partial charge < -0.3 is 0 Å². The van der Waals surface area contributed by atoms with E-state index < -0.39 is 0 Å². The van der Waals surface area contributed by atoms with Crippen LogP contribution in [0.25, 0.3) is 0 Å². The number of rotatable bonds is 0. The first-order valence-corrected chi connectivity index (χ1v) is 1.99. The summed E-state index contributed by atoms with van der Waals surface area (Å²) >= 11 is 0. The summed E-state index contributed by atoms with van der Waals surface area (Å²) in [4.78, 5) is 0. The highest BCUT2D eigenvalue weighted by Gasteiger charge is 1.34. The Morgan fingerprint density at radius 1 is 1.00 bits per heavy atom. The van der Waals surface area contributed by atoms with Gasteiger partial charge in [0.1, 0.15) is 0 Å². The fourth-order valence-electron chi connectivity index (χ4n) is 0. The zero-order valence-electron chi connectivity index (χ0n) is 4.57. The van der Waals surface area contributed by atoms with E-state index in [1.54, 1.807) is 0 Å². The van der Waals surface area contributed by atoms with Crippen LogP contribution in [0.15, 0.2) is 25.3 Å². The highest BCUT2D eigenvalue weighted by atomic mass is 13.4. The van der Waals surface area contributed by atoms with Crippen molar-refractivity contribution >= 4 is 0 Å². The van der Waals surface area contributed by atoms with Crippen LogP contribution in [0, 0.1) is 0 Å². The fourth-order valence-corrected chi connectivity index (χ4v) is 0. The van der Waals surface area contributed by atoms with Gasteiger partial charge in [0, 0.05) is 0 Å². The monoisotopic (exact) mass is 84.1 g/mol. The fraction of sp³-hybridized carbons (Fsp3) is 0.333. The molecule has 36 valence electrons. The highest BCUT2D eigenvalue weighted by Crippen LogP contribution is 1.57. The van der Waals surface area contributed by atoms with Gasteiger partial charge in [0.2, 0.25) is 0 Å². The molecule has 0 heterocycles. The van der Waals surface area contributed by atoms with Gasteiger partial charge in [-0.05, 0) is 13.8 Å². The van der Waals surface area contributed by atoms with Crippen molar-refractivity contribution in [2.24, 2.45) is 0 Å². The normalized spacial score (nSPS) is 7.00. The van der Waals surface area contributed by atoms with Crippen molar-refractivity contribution in [3.8, 4) is 0 Å². The molecule has 0 saturated heterocycles. The lowest BCUT2D eigenvalue weighted by Crippen LogP contribution is -1.26. The zero-order valence-corrected chi connectivity index (χ0v) is 4.57. The zero-order chi connectivity index (χ0) is 5.41. The van der Waals surface area contributed by atoms with Crippen LogP contribution in [0.3, 0.4) is 0 Å². The summed E-state index contributed by atoms with van der Waals surface area (Å²) in [6.45, 7) is 10.0. The van der Waals surface area contributed by atoms with Gasteiger partial charge in [0.15, 0.2) is 0 Å². The van der Waals surface area contributed by atoms with Crippen molar-refractivity contribution in [1.82, 2.24) is 0 Å². The van der Waals surface area contributed by atoms with E-state index in [1.165, 1.54) is 0 Å². The van der Waals surface area contributed by atoms with Crippen LogP contribution in [0.4, 0.5) is 0 Å². The second-order valence-corrected chi connectivity index (χ2v) is 0.667. The molecule has 0 heteroatoms. The second kappa shape index (κ2) is 24.8. The van der Waals surface area contributed by atoms with Gasteiger partial charge in [-0.15, -0.1) is 13.2 Å². The SMILES string of the molecule is C=C.CC=CC. The van der Waals surface area contributed by atoms with E-state index in [-0.39, 0.29) is 0 Å². The molecule has 0 spiro atoms. The number of hydrogen-bond acceptors (Lipinski definition) is 0. The van der Waals surface area contributed by atoms with Crippen LogP contribution in [-0.4, -0.2) is 0 Å². The molecule has 0 aromatic heterocycles. The lowest BCUT2D eigenvalue weighted by Gasteiger charge is -1.49. The number of allylic oxidation sites excluding steroid dienone is 2. The molecule has 0 saturated carbocycles. The first-order chi connectivity index (χ1) is 2.91. The Bertz CT molecular complexity index is 23.0. The minimum atomic E-state index is 2.00. The quantitative estimate of drug-likeness (QED) is 0.395. The Kier molecular flexibility index (Phi) is 37.5. The molecule has 0 aromatic carbocycles. The second-order valence-electron chi connectivity index (χ2n) is 0.667. The van der Waals surface area contributed by atoms with Crippen molar-refractivity contribution in [2.75, 3.05) is 0 Å². The topological polar surface area (TPSA) is 0 Å². The third kappa shape index (κ3) is 92.9. The van der Waals surface area contributed by atoms with E-state index in [2.05, 4.69) is 13.2 Å². The maximum atomic E-state index is 3.00. The van der Waals surface area contributed by atoms with Crippen LogP contribution < -0.4 is 0 Å². The lowest BCUT2D eigenvalue weighted by molar-refractivity contribution is 1.64. The van der Waals surface area contributed by atoms with Gasteiger partial charge in [0.05, 0.1) is 0 Å². The molecule has 0 fully saturated rings.